The number of aliphatic carboxylic acids is 1. The number of nitrogens with zero attached hydrogens (tertiary/aromatic N) is 5. The van der Waals surface area contributed by atoms with Crippen LogP contribution in [0.1, 0.15) is 19.8 Å². The van der Waals surface area contributed by atoms with E-state index in [1.807, 2.05) is 5.51 Å². The van der Waals surface area contributed by atoms with Crippen LogP contribution in [0.5, 0.6) is 0 Å². The normalized spacial score (nSPS) is 31.2. The fourth-order valence-corrected chi connectivity index (χ4v) is 4.95. The minimum atomic E-state index is -0.685. The maximum atomic E-state index is 10.9. The Morgan fingerprint density at radius 3 is 2.79 bits per heavy atom. The summed E-state index contributed by atoms with van der Waals surface area (Å²) in [6.07, 6.45) is 1.50. The Bertz CT molecular complexity index is 812. The van der Waals surface area contributed by atoms with Crippen LogP contribution >= 0.6 is 11.3 Å². The molecule has 8 heteroatoms. The van der Waals surface area contributed by atoms with Crippen LogP contribution < -0.4 is 9.80 Å². The molecule has 1 N–H and O–H groups in total. The van der Waals surface area contributed by atoms with Gasteiger partial charge in [0.05, 0.1) is 5.51 Å². The van der Waals surface area contributed by atoms with Gasteiger partial charge in [-0.3, -0.25) is 4.79 Å². The lowest BCUT2D eigenvalue weighted by Gasteiger charge is -2.40. The fraction of sp³-hybridized carbons (Fsp3) is 0.625. The molecule has 1 unspecified atom stereocenters. The van der Waals surface area contributed by atoms with Crippen LogP contribution in [0.2, 0.25) is 0 Å². The van der Waals surface area contributed by atoms with Crippen LogP contribution in [-0.2, 0) is 4.79 Å². The van der Waals surface area contributed by atoms with E-state index in [2.05, 4.69) is 26.7 Å². The molecule has 2 aliphatic heterocycles. The van der Waals surface area contributed by atoms with Crippen molar-refractivity contribution in [3.63, 3.8) is 0 Å². The zero-order valence-electron chi connectivity index (χ0n) is 13.4. The predicted molar refractivity (Wildman–Crippen MR) is 91.6 cm³/mol. The number of carboxylic acids is 1. The number of hydrogen-bond acceptors (Lipinski definition) is 7. The van der Waals surface area contributed by atoms with Crippen molar-refractivity contribution in [2.75, 3.05) is 29.4 Å². The molecule has 24 heavy (non-hydrogen) atoms. The summed E-state index contributed by atoms with van der Waals surface area (Å²) in [5.74, 6) is 2.40. The first-order valence-electron chi connectivity index (χ1n) is 8.46. The van der Waals surface area contributed by atoms with E-state index in [1.165, 1.54) is 6.42 Å². The molecular formula is C16H19N5O2S. The number of carboxylic acid groups (broad SMARTS) is 1. The van der Waals surface area contributed by atoms with Crippen molar-refractivity contribution in [3.05, 3.63) is 5.51 Å². The van der Waals surface area contributed by atoms with E-state index >= 15 is 0 Å². The summed E-state index contributed by atoms with van der Waals surface area (Å²) in [5, 5.41) is 8.96. The Labute approximate surface area is 143 Å². The lowest BCUT2D eigenvalue weighted by Crippen LogP contribution is -2.46. The van der Waals surface area contributed by atoms with Gasteiger partial charge in [-0.15, -0.1) is 11.3 Å². The van der Waals surface area contributed by atoms with E-state index in [9.17, 15) is 4.79 Å². The highest BCUT2D eigenvalue weighted by Gasteiger charge is 2.56. The van der Waals surface area contributed by atoms with Gasteiger partial charge in [0.25, 0.3) is 0 Å². The van der Waals surface area contributed by atoms with E-state index in [-0.39, 0.29) is 0 Å². The second kappa shape index (κ2) is 5.02. The van der Waals surface area contributed by atoms with Gasteiger partial charge in [-0.2, -0.15) is 9.97 Å². The molecular weight excluding hydrogens is 326 g/mol. The predicted octanol–water partition coefficient (Wildman–Crippen LogP) is 1.84. The number of piperidine rings is 1. The monoisotopic (exact) mass is 345 g/mol. The number of fused-ring (bicyclic) bond motifs is 2. The minimum absolute atomic E-state index is 0.297. The summed E-state index contributed by atoms with van der Waals surface area (Å²) in [7, 11) is 0. The molecule has 2 saturated heterocycles. The first-order chi connectivity index (χ1) is 11.6. The third-order valence-electron chi connectivity index (χ3n) is 5.82. The van der Waals surface area contributed by atoms with Gasteiger partial charge < -0.3 is 14.9 Å². The molecule has 2 aromatic heterocycles. The van der Waals surface area contributed by atoms with Crippen LogP contribution in [-0.4, -0.2) is 51.7 Å². The molecule has 0 bridgehead atoms. The Balaban J connectivity index is 1.41. The van der Waals surface area contributed by atoms with Crippen molar-refractivity contribution in [1.29, 1.82) is 0 Å². The number of rotatable bonds is 4. The van der Waals surface area contributed by atoms with Gasteiger partial charge in [0, 0.05) is 32.1 Å². The largest absolute Gasteiger partial charge is 0.481 e. The number of aromatic nitrogens is 3. The molecule has 7 nitrogen and oxygen atoms in total. The second-order valence-electron chi connectivity index (χ2n) is 7.18. The van der Waals surface area contributed by atoms with Crippen molar-refractivity contribution in [2.45, 2.75) is 25.8 Å². The molecule has 1 aliphatic carbocycles. The van der Waals surface area contributed by atoms with Crippen LogP contribution in [0.15, 0.2) is 5.51 Å². The zero-order valence-corrected chi connectivity index (χ0v) is 14.2. The Kier molecular flexibility index (Phi) is 3.01. The minimum Gasteiger partial charge on any atom is -0.481 e. The van der Waals surface area contributed by atoms with Gasteiger partial charge >= 0.3 is 5.97 Å². The van der Waals surface area contributed by atoms with Crippen molar-refractivity contribution in [3.8, 4) is 0 Å². The highest BCUT2D eigenvalue weighted by molar-refractivity contribution is 7.17. The van der Waals surface area contributed by atoms with Crippen molar-refractivity contribution in [2.24, 2.45) is 17.8 Å². The van der Waals surface area contributed by atoms with Gasteiger partial charge in [-0.05, 0) is 31.1 Å². The number of hydrogen-bond donors (Lipinski definition) is 1. The molecule has 0 aromatic carbocycles. The summed E-state index contributed by atoms with van der Waals surface area (Å²) in [5.41, 5.74) is 2.61. The van der Waals surface area contributed by atoms with Crippen molar-refractivity contribution in [1.82, 2.24) is 15.0 Å². The summed E-state index contributed by atoms with van der Waals surface area (Å²) < 4.78 is 1.07. The molecule has 3 aliphatic rings. The average molecular weight is 345 g/mol. The van der Waals surface area contributed by atoms with Crippen molar-refractivity contribution < 1.29 is 9.90 Å². The summed E-state index contributed by atoms with van der Waals surface area (Å²) in [6.45, 7) is 5.00. The molecule has 0 amide bonds. The molecule has 0 spiro atoms. The van der Waals surface area contributed by atoms with Crippen LogP contribution in [0.25, 0.3) is 10.3 Å². The topological polar surface area (TPSA) is 82.5 Å². The molecule has 5 rings (SSSR count). The SMILES string of the molecule is C[C@H]1CCN1c1nc(N2C[C@@H]3C(CC(=O)O)[C@@H]3C2)nc2ncsc12. The van der Waals surface area contributed by atoms with Crippen molar-refractivity contribution >= 4 is 39.4 Å². The van der Waals surface area contributed by atoms with Crippen LogP contribution in [0, 0.1) is 17.8 Å². The molecule has 0 radical (unpaired) electrons. The third kappa shape index (κ3) is 2.08. The lowest BCUT2D eigenvalue weighted by atomic mass is 10.1. The number of anilines is 2. The Morgan fingerprint density at radius 1 is 1.38 bits per heavy atom. The summed E-state index contributed by atoms with van der Waals surface area (Å²) in [4.78, 5) is 29.3. The number of carbonyl (C=O) groups is 1. The van der Waals surface area contributed by atoms with Gasteiger partial charge in [0.15, 0.2) is 11.5 Å². The smallest absolute Gasteiger partial charge is 0.303 e. The third-order valence-corrected chi connectivity index (χ3v) is 6.63. The molecule has 126 valence electrons. The van der Waals surface area contributed by atoms with Gasteiger partial charge in [-0.25, -0.2) is 4.98 Å². The quantitative estimate of drug-likeness (QED) is 0.905. The van der Waals surface area contributed by atoms with E-state index in [4.69, 9.17) is 10.1 Å². The van der Waals surface area contributed by atoms with Crippen LogP contribution in [0.3, 0.4) is 0 Å². The first-order valence-corrected chi connectivity index (χ1v) is 9.34. The van der Waals surface area contributed by atoms with E-state index in [0.29, 0.717) is 30.2 Å². The van der Waals surface area contributed by atoms with E-state index in [0.717, 1.165) is 41.7 Å². The standard InChI is InChI=1S/C16H19N5O2S/c1-8-2-3-21(8)15-13-14(17-7-24-13)18-16(19-15)20-5-10-9(4-12(22)23)11(10)6-20/h7-11H,2-6H2,1H3,(H,22,23)/t8-,9?,10-,11+/m0/s1. The second-order valence-corrected chi connectivity index (χ2v) is 8.03. The summed E-state index contributed by atoms with van der Waals surface area (Å²) in [6, 6.07) is 0.518. The van der Waals surface area contributed by atoms with Gasteiger partial charge in [-0.1, -0.05) is 0 Å². The molecule has 4 atom stereocenters. The Hall–Kier alpha value is -1.96. The molecule has 4 heterocycles. The maximum absolute atomic E-state index is 10.9. The molecule has 1 saturated carbocycles. The Morgan fingerprint density at radius 2 is 2.17 bits per heavy atom. The highest BCUT2D eigenvalue weighted by atomic mass is 32.1. The number of thiazole rings is 1. The average Bonchev–Trinajstić information content (AvgIpc) is 2.98. The van der Waals surface area contributed by atoms with Gasteiger partial charge in [0.1, 0.15) is 4.70 Å². The van der Waals surface area contributed by atoms with E-state index < -0.39 is 5.97 Å². The van der Waals surface area contributed by atoms with E-state index in [1.54, 1.807) is 11.3 Å². The van der Waals surface area contributed by atoms with Gasteiger partial charge in [0.2, 0.25) is 5.95 Å². The van der Waals surface area contributed by atoms with Crippen LogP contribution in [0.4, 0.5) is 11.8 Å². The highest BCUT2D eigenvalue weighted by Crippen LogP contribution is 2.54. The zero-order chi connectivity index (χ0) is 16.4. The lowest BCUT2D eigenvalue weighted by molar-refractivity contribution is -0.137. The first kappa shape index (κ1) is 14.4. The molecule has 3 fully saturated rings. The maximum Gasteiger partial charge on any atom is 0.303 e. The fourth-order valence-electron chi connectivity index (χ4n) is 4.22. The summed E-state index contributed by atoms with van der Waals surface area (Å²) >= 11 is 1.60. The molecule has 2 aromatic rings.